The minimum Gasteiger partial charge on any atom is -0.507 e. The summed E-state index contributed by atoms with van der Waals surface area (Å²) in [5.74, 6) is -1.10. The lowest BCUT2D eigenvalue weighted by atomic mass is 9.94. The predicted molar refractivity (Wildman–Crippen MR) is 124 cm³/mol. The minimum atomic E-state index is -0.905. The van der Waals surface area contributed by atoms with Crippen molar-refractivity contribution in [2.75, 3.05) is 14.2 Å². The Labute approximate surface area is 196 Å². The molecule has 34 heavy (non-hydrogen) atoms. The molecule has 1 aliphatic heterocycles. The Morgan fingerprint density at radius 1 is 1.06 bits per heavy atom. The summed E-state index contributed by atoms with van der Waals surface area (Å²) in [4.78, 5) is 31.8. The van der Waals surface area contributed by atoms with Crippen molar-refractivity contribution >= 4 is 17.4 Å². The van der Waals surface area contributed by atoms with Crippen molar-refractivity contribution in [3.8, 4) is 17.2 Å². The van der Waals surface area contributed by atoms with E-state index in [2.05, 4.69) is 4.98 Å². The number of phenols is 1. The van der Waals surface area contributed by atoms with E-state index in [1.165, 1.54) is 18.1 Å². The maximum absolute atomic E-state index is 13.2. The molecule has 1 saturated heterocycles. The fraction of sp³-hybridized carbons (Fsp3) is 0.192. The van der Waals surface area contributed by atoms with Gasteiger partial charge in [0.25, 0.3) is 11.7 Å². The smallest absolute Gasteiger partial charge is 0.295 e. The molecule has 4 rings (SSSR count). The van der Waals surface area contributed by atoms with Gasteiger partial charge in [-0.1, -0.05) is 12.1 Å². The molecule has 0 spiro atoms. The molecular formula is C26H24N2O6. The van der Waals surface area contributed by atoms with E-state index in [1.54, 1.807) is 62.0 Å². The Morgan fingerprint density at radius 2 is 1.82 bits per heavy atom. The number of hydrogen-bond acceptors (Lipinski definition) is 7. The fourth-order valence-corrected chi connectivity index (χ4v) is 4.12. The number of aromatic nitrogens is 1. The minimum absolute atomic E-state index is 0.0498. The van der Waals surface area contributed by atoms with Gasteiger partial charge < -0.3 is 24.6 Å². The molecule has 8 heteroatoms. The summed E-state index contributed by atoms with van der Waals surface area (Å²) in [5, 5.41) is 21.3. The second-order valence-corrected chi connectivity index (χ2v) is 7.90. The van der Waals surface area contributed by atoms with Crippen LogP contribution in [0, 0.1) is 6.92 Å². The molecule has 2 N–H and O–H groups in total. The van der Waals surface area contributed by atoms with Crippen molar-refractivity contribution in [3.63, 3.8) is 0 Å². The maximum atomic E-state index is 13.2. The quantitative estimate of drug-likeness (QED) is 0.328. The summed E-state index contributed by atoms with van der Waals surface area (Å²) < 4.78 is 10.5. The van der Waals surface area contributed by atoms with Crippen LogP contribution in [0.15, 0.2) is 66.5 Å². The third-order valence-corrected chi connectivity index (χ3v) is 5.80. The molecule has 0 saturated carbocycles. The molecule has 1 amide bonds. The molecular weight excluding hydrogens is 436 g/mol. The molecule has 174 valence electrons. The highest BCUT2D eigenvalue weighted by Gasteiger charge is 2.46. The summed E-state index contributed by atoms with van der Waals surface area (Å²) in [7, 11) is 2.95. The van der Waals surface area contributed by atoms with Crippen LogP contribution in [0.4, 0.5) is 0 Å². The average molecular weight is 460 g/mol. The standard InChI is InChI=1S/C26H24N2O6/c1-15-11-18(7-9-20(15)33-2)24(30)22-23(17-6-8-19(29)21(12-17)34-3)28(26(32)25(22)31)14-16-5-4-10-27-13-16/h4-13,23,29-30H,14H2,1-3H3/b24-22+/t23-/m1/s1. The van der Waals surface area contributed by atoms with Gasteiger partial charge in [-0.15, -0.1) is 0 Å². The topological polar surface area (TPSA) is 109 Å². The zero-order chi connectivity index (χ0) is 24.4. The molecule has 0 aliphatic carbocycles. The molecule has 1 aliphatic rings. The molecule has 1 fully saturated rings. The van der Waals surface area contributed by atoms with E-state index in [9.17, 15) is 19.8 Å². The third-order valence-electron chi connectivity index (χ3n) is 5.80. The Balaban J connectivity index is 1.89. The first-order chi connectivity index (χ1) is 16.3. The van der Waals surface area contributed by atoms with E-state index in [-0.39, 0.29) is 29.4 Å². The summed E-state index contributed by atoms with van der Waals surface area (Å²) in [6.45, 7) is 1.92. The predicted octanol–water partition coefficient (Wildman–Crippen LogP) is 3.73. The van der Waals surface area contributed by atoms with Crippen molar-refractivity contribution in [2.45, 2.75) is 19.5 Å². The number of aromatic hydroxyl groups is 1. The van der Waals surface area contributed by atoms with Crippen LogP contribution in [0.25, 0.3) is 5.76 Å². The third kappa shape index (κ3) is 4.05. The number of carbonyl (C=O) groups excluding carboxylic acids is 2. The van der Waals surface area contributed by atoms with Crippen LogP contribution < -0.4 is 9.47 Å². The van der Waals surface area contributed by atoms with E-state index < -0.39 is 17.7 Å². The second kappa shape index (κ2) is 9.27. The van der Waals surface area contributed by atoms with E-state index in [0.29, 0.717) is 16.9 Å². The number of methoxy groups -OCH3 is 2. The van der Waals surface area contributed by atoms with Gasteiger partial charge in [-0.05, 0) is 60.0 Å². The van der Waals surface area contributed by atoms with Gasteiger partial charge in [-0.3, -0.25) is 14.6 Å². The van der Waals surface area contributed by atoms with Crippen LogP contribution in [-0.2, 0) is 16.1 Å². The highest BCUT2D eigenvalue weighted by atomic mass is 16.5. The van der Waals surface area contributed by atoms with Gasteiger partial charge >= 0.3 is 0 Å². The maximum Gasteiger partial charge on any atom is 0.295 e. The van der Waals surface area contributed by atoms with E-state index in [4.69, 9.17) is 9.47 Å². The molecule has 0 unspecified atom stereocenters. The van der Waals surface area contributed by atoms with E-state index >= 15 is 0 Å². The van der Waals surface area contributed by atoms with Crippen molar-refractivity contribution in [1.82, 2.24) is 9.88 Å². The number of ketones is 1. The summed E-state index contributed by atoms with van der Waals surface area (Å²) in [5.41, 5.74) is 2.32. The average Bonchev–Trinajstić information content (AvgIpc) is 3.09. The number of carbonyl (C=O) groups is 2. The van der Waals surface area contributed by atoms with Gasteiger partial charge in [0.15, 0.2) is 11.5 Å². The monoisotopic (exact) mass is 460 g/mol. The summed E-state index contributed by atoms with van der Waals surface area (Å²) in [6, 6.07) is 12.2. The van der Waals surface area contributed by atoms with E-state index in [1.807, 2.05) is 6.92 Å². The number of nitrogens with zero attached hydrogens (tertiary/aromatic N) is 2. The number of pyridine rings is 1. The first-order valence-electron chi connectivity index (χ1n) is 10.5. The lowest BCUT2D eigenvalue weighted by Crippen LogP contribution is -2.29. The van der Waals surface area contributed by atoms with Crippen molar-refractivity contribution in [3.05, 3.63) is 88.8 Å². The molecule has 0 bridgehead atoms. The van der Waals surface area contributed by atoms with Crippen LogP contribution >= 0.6 is 0 Å². The number of aliphatic hydroxyl groups is 1. The number of Topliss-reactive ketones (excluding diaryl/α,β-unsaturated/α-hetero) is 1. The first kappa shape index (κ1) is 22.8. The Kier molecular flexibility index (Phi) is 6.23. The summed E-state index contributed by atoms with van der Waals surface area (Å²) in [6.07, 6.45) is 3.23. The molecule has 1 atom stereocenters. The normalized spacial score (nSPS) is 17.1. The number of ether oxygens (including phenoxy) is 2. The van der Waals surface area contributed by atoms with Crippen molar-refractivity contribution < 1.29 is 29.3 Å². The molecule has 1 aromatic heterocycles. The largest absolute Gasteiger partial charge is 0.507 e. The molecule has 2 aromatic carbocycles. The second-order valence-electron chi connectivity index (χ2n) is 7.90. The molecule has 2 heterocycles. The number of phenolic OH excluding ortho intramolecular Hbond substituents is 1. The number of aryl methyl sites for hydroxylation is 1. The highest BCUT2D eigenvalue weighted by Crippen LogP contribution is 2.42. The molecule has 3 aromatic rings. The number of hydrogen-bond donors (Lipinski definition) is 2. The van der Waals surface area contributed by atoms with Gasteiger partial charge in [0.05, 0.1) is 25.8 Å². The first-order valence-corrected chi connectivity index (χ1v) is 10.5. The highest BCUT2D eigenvalue weighted by molar-refractivity contribution is 6.46. The van der Waals surface area contributed by atoms with E-state index in [0.717, 1.165) is 11.1 Å². The van der Waals surface area contributed by atoms with Crippen molar-refractivity contribution in [1.29, 1.82) is 0 Å². The Morgan fingerprint density at radius 3 is 2.47 bits per heavy atom. The molecule has 8 nitrogen and oxygen atoms in total. The van der Waals surface area contributed by atoms with Crippen LogP contribution in [0.1, 0.15) is 28.3 Å². The van der Waals surface area contributed by atoms with Crippen LogP contribution in [0.5, 0.6) is 17.2 Å². The Hall–Kier alpha value is -4.33. The van der Waals surface area contributed by atoms with Gasteiger partial charge in [0, 0.05) is 24.5 Å². The lowest BCUT2D eigenvalue weighted by molar-refractivity contribution is -0.140. The number of aliphatic hydroxyl groups excluding tert-OH is 1. The molecule has 0 radical (unpaired) electrons. The van der Waals surface area contributed by atoms with Gasteiger partial charge in [-0.25, -0.2) is 0 Å². The lowest BCUT2D eigenvalue weighted by Gasteiger charge is -2.25. The van der Waals surface area contributed by atoms with Crippen molar-refractivity contribution in [2.24, 2.45) is 0 Å². The number of amides is 1. The fourth-order valence-electron chi connectivity index (χ4n) is 4.12. The number of likely N-dealkylation sites (tertiary alicyclic amines) is 1. The van der Waals surface area contributed by atoms with Gasteiger partial charge in [0.1, 0.15) is 11.5 Å². The number of rotatable bonds is 6. The van der Waals surface area contributed by atoms with Crippen LogP contribution in [-0.4, -0.2) is 46.0 Å². The zero-order valence-corrected chi connectivity index (χ0v) is 19.0. The van der Waals surface area contributed by atoms with Gasteiger partial charge in [-0.2, -0.15) is 0 Å². The van der Waals surface area contributed by atoms with Gasteiger partial charge in [0.2, 0.25) is 0 Å². The summed E-state index contributed by atoms with van der Waals surface area (Å²) >= 11 is 0. The number of benzene rings is 2. The Bertz CT molecular complexity index is 1290. The zero-order valence-electron chi connectivity index (χ0n) is 19.0. The van der Waals surface area contributed by atoms with Crippen LogP contribution in [0.3, 0.4) is 0 Å². The van der Waals surface area contributed by atoms with Crippen LogP contribution in [0.2, 0.25) is 0 Å². The SMILES string of the molecule is COc1ccc(/C(O)=C2\C(=O)C(=O)N(Cc3cccnc3)[C@@H]2c2ccc(O)c(OC)c2)cc1C.